The maximum absolute atomic E-state index is 11.9. The van der Waals surface area contributed by atoms with Crippen LogP contribution in [0.25, 0.3) is 0 Å². The van der Waals surface area contributed by atoms with Crippen molar-refractivity contribution in [3.63, 3.8) is 0 Å². The highest BCUT2D eigenvalue weighted by Gasteiger charge is 2.64. The monoisotopic (exact) mass is 212 g/mol. The molecule has 0 aromatic carbocycles. The van der Waals surface area contributed by atoms with Crippen LogP contribution in [0.15, 0.2) is 0 Å². The summed E-state index contributed by atoms with van der Waals surface area (Å²) >= 11 is 0. The van der Waals surface area contributed by atoms with E-state index in [9.17, 15) is 4.79 Å². The van der Waals surface area contributed by atoms with Gasteiger partial charge in [-0.05, 0) is 12.8 Å². The Morgan fingerprint density at radius 2 is 1.67 bits per heavy atom. The Bertz CT molecular complexity index is 282. The van der Waals surface area contributed by atoms with Crippen LogP contribution >= 0.6 is 0 Å². The predicted molar refractivity (Wildman–Crippen MR) is 51.1 cm³/mol. The van der Waals surface area contributed by atoms with Crippen LogP contribution in [0.2, 0.25) is 0 Å². The van der Waals surface area contributed by atoms with Gasteiger partial charge in [-0.15, -0.1) is 0 Å². The average molecular weight is 212 g/mol. The highest BCUT2D eigenvalue weighted by atomic mass is 16.7. The number of ether oxygens (including phenoxy) is 3. The first-order chi connectivity index (χ1) is 7.29. The Morgan fingerprint density at radius 1 is 0.933 bits per heavy atom. The third kappa shape index (κ3) is 1.12. The van der Waals surface area contributed by atoms with E-state index in [0.29, 0.717) is 19.8 Å². The lowest BCUT2D eigenvalue weighted by atomic mass is 9.68. The number of rotatable bonds is 0. The Balaban J connectivity index is 1.99. The second-order valence-corrected chi connectivity index (χ2v) is 4.62. The van der Waals surface area contributed by atoms with E-state index in [0.717, 1.165) is 32.1 Å². The van der Waals surface area contributed by atoms with Gasteiger partial charge in [-0.3, -0.25) is 4.79 Å². The van der Waals surface area contributed by atoms with Gasteiger partial charge in [0.25, 0.3) is 0 Å². The number of hydrogen-bond acceptors (Lipinski definition) is 4. The smallest absolute Gasteiger partial charge is 0.317 e. The van der Waals surface area contributed by atoms with Crippen LogP contribution < -0.4 is 0 Å². The summed E-state index contributed by atoms with van der Waals surface area (Å²) in [4.78, 5) is 11.9. The van der Waals surface area contributed by atoms with Crippen molar-refractivity contribution in [2.75, 3.05) is 19.8 Å². The van der Waals surface area contributed by atoms with Crippen LogP contribution in [0.4, 0.5) is 0 Å². The molecule has 2 heterocycles. The Hall–Kier alpha value is -0.610. The second-order valence-electron chi connectivity index (χ2n) is 4.62. The van der Waals surface area contributed by atoms with Crippen LogP contribution in [0.1, 0.15) is 32.1 Å². The van der Waals surface area contributed by atoms with Gasteiger partial charge in [0.1, 0.15) is 5.41 Å². The molecule has 1 atom stereocenters. The third-order valence-electron chi connectivity index (χ3n) is 4.00. The molecular formula is C11H16O4. The summed E-state index contributed by atoms with van der Waals surface area (Å²) in [6.45, 7) is 1.73. The number of carbonyl (C=O) groups is 1. The SMILES string of the molecule is O=C1OCCC12CCCCC21OCCO1. The molecule has 0 N–H and O–H groups in total. The van der Waals surface area contributed by atoms with E-state index in [1.54, 1.807) is 0 Å². The Labute approximate surface area is 88.9 Å². The van der Waals surface area contributed by atoms with Gasteiger partial charge in [-0.2, -0.15) is 0 Å². The van der Waals surface area contributed by atoms with Crippen molar-refractivity contribution < 1.29 is 19.0 Å². The van der Waals surface area contributed by atoms with Crippen molar-refractivity contribution in [3.8, 4) is 0 Å². The van der Waals surface area contributed by atoms with Gasteiger partial charge in [0.2, 0.25) is 0 Å². The summed E-state index contributed by atoms with van der Waals surface area (Å²) in [5, 5.41) is 0. The first-order valence-corrected chi connectivity index (χ1v) is 5.74. The quantitative estimate of drug-likeness (QED) is 0.567. The fourth-order valence-corrected chi connectivity index (χ4v) is 3.22. The molecule has 0 radical (unpaired) electrons. The van der Waals surface area contributed by atoms with E-state index < -0.39 is 11.2 Å². The summed E-state index contributed by atoms with van der Waals surface area (Å²) in [5.41, 5.74) is -0.498. The summed E-state index contributed by atoms with van der Waals surface area (Å²) in [6.07, 6.45) is 4.60. The van der Waals surface area contributed by atoms with Gasteiger partial charge in [-0.25, -0.2) is 0 Å². The van der Waals surface area contributed by atoms with Gasteiger partial charge in [0, 0.05) is 12.8 Å². The number of hydrogen-bond donors (Lipinski definition) is 0. The summed E-state index contributed by atoms with van der Waals surface area (Å²) in [7, 11) is 0. The zero-order chi connectivity index (χ0) is 10.4. The summed E-state index contributed by atoms with van der Waals surface area (Å²) < 4.78 is 16.7. The van der Waals surface area contributed by atoms with E-state index >= 15 is 0 Å². The molecular weight excluding hydrogens is 196 g/mol. The standard InChI is InChI=1S/C11H16O4/c12-9-10(5-6-13-9)3-1-2-4-11(10)14-7-8-15-11/h1-8H2. The molecule has 84 valence electrons. The largest absolute Gasteiger partial charge is 0.465 e. The normalized spacial score (nSPS) is 38.8. The molecule has 2 saturated heterocycles. The van der Waals surface area contributed by atoms with E-state index in [1.807, 2.05) is 0 Å². The van der Waals surface area contributed by atoms with Gasteiger partial charge < -0.3 is 14.2 Å². The Kier molecular flexibility index (Phi) is 2.04. The molecule has 0 aromatic rings. The lowest BCUT2D eigenvalue weighted by molar-refractivity contribution is -0.249. The number of esters is 1. The molecule has 1 aliphatic carbocycles. The zero-order valence-electron chi connectivity index (χ0n) is 8.79. The van der Waals surface area contributed by atoms with Crippen molar-refractivity contribution in [2.24, 2.45) is 5.41 Å². The number of fused-ring (bicyclic) bond motifs is 1. The third-order valence-corrected chi connectivity index (χ3v) is 4.00. The molecule has 4 heteroatoms. The fraction of sp³-hybridized carbons (Fsp3) is 0.909. The molecule has 3 rings (SSSR count). The molecule has 0 amide bonds. The molecule has 2 spiro atoms. The molecule has 0 aromatic heterocycles. The van der Waals surface area contributed by atoms with E-state index in [1.165, 1.54) is 0 Å². The topological polar surface area (TPSA) is 44.8 Å². The molecule has 3 aliphatic rings. The lowest BCUT2D eigenvalue weighted by Crippen LogP contribution is -2.54. The average Bonchev–Trinajstić information content (AvgIpc) is 2.82. The van der Waals surface area contributed by atoms with Crippen LogP contribution in [-0.2, 0) is 19.0 Å². The Morgan fingerprint density at radius 3 is 2.33 bits per heavy atom. The lowest BCUT2D eigenvalue weighted by Gasteiger charge is -2.44. The van der Waals surface area contributed by atoms with Crippen LogP contribution in [0.5, 0.6) is 0 Å². The van der Waals surface area contributed by atoms with Gasteiger partial charge in [0.05, 0.1) is 19.8 Å². The molecule has 0 bridgehead atoms. The summed E-state index contributed by atoms with van der Waals surface area (Å²) in [6, 6.07) is 0. The predicted octanol–water partition coefficient (Wildman–Crippen LogP) is 1.24. The van der Waals surface area contributed by atoms with Crippen molar-refractivity contribution in [3.05, 3.63) is 0 Å². The first-order valence-electron chi connectivity index (χ1n) is 5.74. The van der Waals surface area contributed by atoms with Crippen molar-refractivity contribution in [2.45, 2.75) is 37.9 Å². The summed E-state index contributed by atoms with van der Waals surface area (Å²) in [5.74, 6) is -0.761. The molecule has 3 fully saturated rings. The zero-order valence-corrected chi connectivity index (χ0v) is 8.79. The van der Waals surface area contributed by atoms with Gasteiger partial charge >= 0.3 is 5.97 Å². The van der Waals surface area contributed by atoms with Crippen LogP contribution in [0, 0.1) is 5.41 Å². The minimum atomic E-state index is -0.654. The number of cyclic esters (lactones) is 1. The van der Waals surface area contributed by atoms with Gasteiger partial charge in [0.15, 0.2) is 5.79 Å². The molecule has 1 unspecified atom stereocenters. The van der Waals surface area contributed by atoms with Crippen molar-refractivity contribution in [1.82, 2.24) is 0 Å². The minimum Gasteiger partial charge on any atom is -0.465 e. The van der Waals surface area contributed by atoms with Crippen LogP contribution in [0.3, 0.4) is 0 Å². The van der Waals surface area contributed by atoms with E-state index in [4.69, 9.17) is 14.2 Å². The second kappa shape index (κ2) is 3.19. The fourth-order valence-electron chi connectivity index (χ4n) is 3.22. The van der Waals surface area contributed by atoms with E-state index in [2.05, 4.69) is 0 Å². The molecule has 2 aliphatic heterocycles. The first kappa shape index (κ1) is 9.60. The highest BCUT2D eigenvalue weighted by molar-refractivity contribution is 5.80. The van der Waals surface area contributed by atoms with Crippen LogP contribution in [-0.4, -0.2) is 31.6 Å². The molecule has 1 saturated carbocycles. The number of carbonyl (C=O) groups excluding carboxylic acids is 1. The highest BCUT2D eigenvalue weighted by Crippen LogP contribution is 2.54. The van der Waals surface area contributed by atoms with Crippen molar-refractivity contribution in [1.29, 1.82) is 0 Å². The molecule has 15 heavy (non-hydrogen) atoms. The van der Waals surface area contributed by atoms with Crippen molar-refractivity contribution >= 4 is 5.97 Å². The maximum Gasteiger partial charge on any atom is 0.317 e. The minimum absolute atomic E-state index is 0.107. The molecule has 4 nitrogen and oxygen atoms in total. The van der Waals surface area contributed by atoms with E-state index in [-0.39, 0.29) is 5.97 Å². The van der Waals surface area contributed by atoms with Gasteiger partial charge in [-0.1, -0.05) is 6.42 Å². The maximum atomic E-state index is 11.9.